The highest BCUT2D eigenvalue weighted by Crippen LogP contribution is 2.53. The second-order valence-electron chi connectivity index (χ2n) is 9.40. The van der Waals surface area contributed by atoms with Crippen molar-refractivity contribution in [2.75, 3.05) is 13.1 Å². The number of carbonyl (C=O) groups is 2. The molecule has 9 heteroatoms. The van der Waals surface area contributed by atoms with Gasteiger partial charge in [-0.3, -0.25) is 4.79 Å². The third-order valence-corrected chi connectivity index (χ3v) is 6.67. The highest BCUT2D eigenvalue weighted by Gasteiger charge is 2.48. The van der Waals surface area contributed by atoms with Crippen LogP contribution in [0.3, 0.4) is 0 Å². The van der Waals surface area contributed by atoms with E-state index in [9.17, 15) is 18.4 Å². The zero-order chi connectivity index (χ0) is 20.7. The van der Waals surface area contributed by atoms with E-state index in [-0.39, 0.29) is 12.3 Å². The molecule has 4 fully saturated rings. The molecule has 0 aromatic carbocycles. The van der Waals surface area contributed by atoms with Crippen LogP contribution in [0.25, 0.3) is 0 Å². The fraction of sp³-hybridized carbons (Fsp3) is 0.850. The fourth-order valence-electron chi connectivity index (χ4n) is 4.06. The van der Waals surface area contributed by atoms with E-state index in [4.69, 9.17) is 10.1 Å². The molecule has 4 rings (SSSR count). The normalized spacial score (nSPS) is 25.6. The van der Waals surface area contributed by atoms with Gasteiger partial charge in [0, 0.05) is 25.9 Å². The first-order valence-electron chi connectivity index (χ1n) is 10.6. The van der Waals surface area contributed by atoms with Gasteiger partial charge in [0.15, 0.2) is 0 Å². The van der Waals surface area contributed by atoms with Crippen LogP contribution < -0.4 is 10.6 Å². The molecule has 0 aromatic rings. The van der Waals surface area contributed by atoms with Crippen molar-refractivity contribution in [3.05, 3.63) is 0 Å². The van der Waals surface area contributed by atoms with Crippen LogP contribution in [0.5, 0.6) is 0 Å². The van der Waals surface area contributed by atoms with Crippen molar-refractivity contribution in [3.63, 3.8) is 0 Å². The Hall–Kier alpha value is -1.95. The van der Waals surface area contributed by atoms with Crippen LogP contribution in [0, 0.1) is 22.7 Å². The molecule has 1 aliphatic heterocycles. The van der Waals surface area contributed by atoms with Gasteiger partial charge in [0.2, 0.25) is 5.91 Å². The third kappa shape index (κ3) is 5.35. The Labute approximate surface area is 169 Å². The molecule has 29 heavy (non-hydrogen) atoms. The van der Waals surface area contributed by atoms with Crippen molar-refractivity contribution in [1.29, 1.82) is 5.26 Å². The average Bonchev–Trinajstić information content (AvgIpc) is 3.52. The maximum atomic E-state index is 14.4. The first kappa shape index (κ1) is 20.3. The Balaban J connectivity index is 1.33. The zero-order valence-corrected chi connectivity index (χ0v) is 16.5. The lowest BCUT2D eigenvalue weighted by Gasteiger charge is -2.31. The smallest absolute Gasteiger partial charge is 0.351 e. The summed E-state index contributed by atoms with van der Waals surface area (Å²) in [6, 6.07) is 0.561. The van der Waals surface area contributed by atoms with Crippen molar-refractivity contribution < 1.29 is 23.2 Å². The van der Waals surface area contributed by atoms with E-state index >= 15 is 0 Å². The summed E-state index contributed by atoms with van der Waals surface area (Å²) in [5.74, 6) is -3.84. The van der Waals surface area contributed by atoms with E-state index in [1.807, 2.05) is 6.07 Å². The molecule has 2 amide bonds. The molecular formula is C20H28F2N4O3. The predicted molar refractivity (Wildman–Crippen MR) is 98.5 cm³/mol. The number of rotatable bonds is 8. The van der Waals surface area contributed by atoms with Crippen LogP contribution in [0.2, 0.25) is 0 Å². The van der Waals surface area contributed by atoms with E-state index in [0.717, 1.165) is 25.7 Å². The van der Waals surface area contributed by atoms with Crippen molar-refractivity contribution in [1.82, 2.24) is 15.7 Å². The van der Waals surface area contributed by atoms with Crippen molar-refractivity contribution in [2.45, 2.75) is 81.7 Å². The number of halogens is 2. The van der Waals surface area contributed by atoms with Gasteiger partial charge in [-0.25, -0.2) is 13.6 Å². The number of carbonyl (C=O) groups excluding carboxylic acids is 2. The van der Waals surface area contributed by atoms with E-state index in [2.05, 4.69) is 10.6 Å². The van der Waals surface area contributed by atoms with Gasteiger partial charge >= 0.3 is 6.09 Å². The lowest BCUT2D eigenvalue weighted by atomic mass is 9.95. The minimum atomic E-state index is -3.07. The van der Waals surface area contributed by atoms with Gasteiger partial charge in [-0.15, -0.1) is 5.06 Å². The largest absolute Gasteiger partial charge is 0.426 e. The summed E-state index contributed by atoms with van der Waals surface area (Å²) in [7, 11) is 0. The summed E-state index contributed by atoms with van der Waals surface area (Å²) in [5.41, 5.74) is -0.572. The molecule has 3 aliphatic carbocycles. The van der Waals surface area contributed by atoms with Gasteiger partial charge in [-0.2, -0.15) is 5.26 Å². The topological polar surface area (TPSA) is 94.5 Å². The van der Waals surface area contributed by atoms with Crippen molar-refractivity contribution >= 4 is 12.0 Å². The second kappa shape index (κ2) is 7.38. The number of hydroxylamine groups is 2. The Bertz CT molecular complexity index is 701. The van der Waals surface area contributed by atoms with Crippen LogP contribution in [-0.2, 0) is 9.63 Å². The van der Waals surface area contributed by atoms with Crippen molar-refractivity contribution in [3.8, 4) is 6.07 Å². The lowest BCUT2D eigenvalue weighted by Crippen LogP contribution is -2.53. The molecule has 1 heterocycles. The number of hydrogen-bond acceptors (Lipinski definition) is 5. The Morgan fingerprint density at radius 1 is 1.17 bits per heavy atom. The summed E-state index contributed by atoms with van der Waals surface area (Å²) in [6.07, 6.45) is 4.87. The first-order valence-corrected chi connectivity index (χ1v) is 10.6. The van der Waals surface area contributed by atoms with Crippen LogP contribution >= 0.6 is 0 Å². The van der Waals surface area contributed by atoms with Crippen LogP contribution in [0.4, 0.5) is 13.6 Å². The molecule has 7 nitrogen and oxygen atoms in total. The van der Waals surface area contributed by atoms with Crippen LogP contribution in [-0.4, -0.2) is 47.7 Å². The molecule has 2 N–H and O–H groups in total. The molecule has 0 aromatic heterocycles. The van der Waals surface area contributed by atoms with Crippen molar-refractivity contribution in [2.24, 2.45) is 11.3 Å². The summed E-state index contributed by atoms with van der Waals surface area (Å²) < 4.78 is 28.8. The molecule has 0 radical (unpaired) electrons. The highest BCUT2D eigenvalue weighted by atomic mass is 19.3. The van der Waals surface area contributed by atoms with E-state index in [1.165, 1.54) is 17.9 Å². The van der Waals surface area contributed by atoms with E-state index in [1.54, 1.807) is 0 Å². The van der Waals surface area contributed by atoms with Gasteiger partial charge in [0.1, 0.15) is 11.6 Å². The quantitative estimate of drug-likeness (QED) is 0.642. The standard InChI is InChI=1S/C20H28F2N4O3/c21-20(22,11-14-1-2-14)12-15(16(27)25-19(13-23)5-6-19)24-17(28)29-26-9-7-18(3-4-18)8-10-26/h14-15H,1-12H2,(H,24,28)(H,25,27)/t15-/m0/s1. The number of alkyl halides is 2. The Kier molecular flexibility index (Phi) is 5.18. The molecule has 0 bridgehead atoms. The lowest BCUT2D eigenvalue weighted by molar-refractivity contribution is -0.132. The monoisotopic (exact) mass is 410 g/mol. The molecule has 1 saturated heterocycles. The second-order valence-corrected chi connectivity index (χ2v) is 9.40. The van der Waals surface area contributed by atoms with Gasteiger partial charge in [-0.1, -0.05) is 0 Å². The molecule has 3 saturated carbocycles. The molecule has 160 valence electrons. The van der Waals surface area contributed by atoms with Crippen LogP contribution in [0.1, 0.15) is 64.2 Å². The fourth-order valence-corrected chi connectivity index (χ4v) is 4.06. The summed E-state index contributed by atoms with van der Waals surface area (Å²) >= 11 is 0. The molecular weight excluding hydrogens is 382 g/mol. The Morgan fingerprint density at radius 3 is 2.34 bits per heavy atom. The van der Waals surface area contributed by atoms with E-state index in [0.29, 0.717) is 31.3 Å². The summed E-state index contributed by atoms with van der Waals surface area (Å²) in [5, 5.41) is 15.5. The number of piperidine rings is 1. The van der Waals surface area contributed by atoms with Crippen LogP contribution in [0.15, 0.2) is 0 Å². The molecule has 4 aliphatic rings. The highest BCUT2D eigenvalue weighted by molar-refractivity contribution is 5.86. The minimum absolute atomic E-state index is 0.0161. The average molecular weight is 410 g/mol. The Morgan fingerprint density at radius 2 is 1.83 bits per heavy atom. The summed E-state index contributed by atoms with van der Waals surface area (Å²) in [4.78, 5) is 30.2. The summed E-state index contributed by atoms with van der Waals surface area (Å²) in [6.45, 7) is 1.22. The number of nitriles is 1. The molecule has 1 atom stereocenters. The predicted octanol–water partition coefficient (Wildman–Crippen LogP) is 2.87. The minimum Gasteiger partial charge on any atom is -0.351 e. The van der Waals surface area contributed by atoms with Gasteiger partial charge < -0.3 is 15.5 Å². The number of nitrogens with zero attached hydrogens (tertiary/aromatic N) is 2. The molecule has 0 unspecified atom stereocenters. The molecule has 1 spiro atoms. The maximum Gasteiger partial charge on any atom is 0.426 e. The maximum absolute atomic E-state index is 14.4. The van der Waals surface area contributed by atoms with Gasteiger partial charge in [0.25, 0.3) is 5.92 Å². The zero-order valence-electron chi connectivity index (χ0n) is 16.5. The number of amides is 2. The van der Waals surface area contributed by atoms with Gasteiger partial charge in [0.05, 0.1) is 6.07 Å². The SMILES string of the molecule is N#CC1(NC(=O)[C@H](CC(F)(F)CC2CC2)NC(=O)ON2CCC3(CC2)CC3)CC1. The van der Waals surface area contributed by atoms with E-state index < -0.39 is 35.9 Å². The van der Waals surface area contributed by atoms with Gasteiger partial charge in [-0.05, 0) is 62.7 Å². The first-order chi connectivity index (χ1) is 13.7. The third-order valence-electron chi connectivity index (χ3n) is 6.67. The number of nitrogens with one attached hydrogen (secondary N) is 2. The number of hydrogen-bond donors (Lipinski definition) is 2.